The van der Waals surface area contributed by atoms with Gasteiger partial charge in [0.05, 0.1) is 5.69 Å². The standard InChI is InChI=1S/C21H20FN5O2S/c22-16-10-4-5-11-17(16)24-21(29)27-12-6-7-14(13-27)19-25-26-20(30-19)18(28)23-15-8-2-1-3-9-15/h1-5,8-11,14H,6-7,12-13H2,(H,23,28)(H,24,29)/t14-/m1/s1. The SMILES string of the molecule is O=C(Nc1ccccc1)c1nnc([C@@H]2CCCN(C(=O)Nc3ccccc3F)C2)s1. The van der Waals surface area contributed by atoms with E-state index in [1.807, 2.05) is 18.2 Å². The van der Waals surface area contributed by atoms with E-state index in [9.17, 15) is 14.0 Å². The molecule has 0 saturated carbocycles. The van der Waals surface area contributed by atoms with E-state index in [-0.39, 0.29) is 28.6 Å². The van der Waals surface area contributed by atoms with Gasteiger partial charge in [0.2, 0.25) is 5.01 Å². The van der Waals surface area contributed by atoms with E-state index in [0.717, 1.165) is 17.8 Å². The molecule has 1 saturated heterocycles. The second-order valence-electron chi connectivity index (χ2n) is 6.96. The first-order valence-corrected chi connectivity index (χ1v) is 10.4. The smallest absolute Gasteiger partial charge is 0.321 e. The molecule has 0 unspecified atom stereocenters. The van der Waals surface area contributed by atoms with E-state index in [4.69, 9.17) is 0 Å². The average Bonchev–Trinajstić information content (AvgIpc) is 3.27. The van der Waals surface area contributed by atoms with Gasteiger partial charge < -0.3 is 15.5 Å². The van der Waals surface area contributed by atoms with Crippen LogP contribution in [-0.4, -0.2) is 40.1 Å². The second-order valence-corrected chi connectivity index (χ2v) is 7.97. The van der Waals surface area contributed by atoms with Crippen molar-refractivity contribution >= 4 is 34.6 Å². The van der Waals surface area contributed by atoms with Crippen molar-refractivity contribution in [3.05, 3.63) is 70.4 Å². The number of nitrogens with one attached hydrogen (secondary N) is 2. The molecule has 0 bridgehead atoms. The lowest BCUT2D eigenvalue weighted by atomic mass is 9.99. The minimum Gasteiger partial charge on any atom is -0.324 e. The lowest BCUT2D eigenvalue weighted by molar-refractivity contribution is 0.102. The molecule has 3 aromatic rings. The Morgan fingerprint density at radius 2 is 1.80 bits per heavy atom. The van der Waals surface area contributed by atoms with Gasteiger partial charge in [0.1, 0.15) is 10.8 Å². The van der Waals surface area contributed by atoms with E-state index in [0.29, 0.717) is 18.8 Å². The third-order valence-corrected chi connectivity index (χ3v) is 5.92. The van der Waals surface area contributed by atoms with Gasteiger partial charge in [-0.1, -0.05) is 41.7 Å². The van der Waals surface area contributed by atoms with Crippen molar-refractivity contribution in [3.8, 4) is 0 Å². The van der Waals surface area contributed by atoms with Gasteiger partial charge in [-0.2, -0.15) is 0 Å². The van der Waals surface area contributed by atoms with Crippen LogP contribution >= 0.6 is 11.3 Å². The van der Waals surface area contributed by atoms with E-state index >= 15 is 0 Å². The number of para-hydroxylation sites is 2. The van der Waals surface area contributed by atoms with Crippen molar-refractivity contribution in [2.45, 2.75) is 18.8 Å². The number of likely N-dealkylation sites (tertiary alicyclic amines) is 1. The Balaban J connectivity index is 1.39. The Kier molecular flexibility index (Phi) is 5.99. The molecule has 2 heterocycles. The summed E-state index contributed by atoms with van der Waals surface area (Å²) in [5, 5.41) is 14.6. The monoisotopic (exact) mass is 425 g/mol. The summed E-state index contributed by atoms with van der Waals surface area (Å²) < 4.78 is 13.8. The van der Waals surface area contributed by atoms with E-state index < -0.39 is 5.82 Å². The van der Waals surface area contributed by atoms with Crippen LogP contribution in [0.15, 0.2) is 54.6 Å². The third-order valence-electron chi connectivity index (χ3n) is 4.84. The number of urea groups is 1. The summed E-state index contributed by atoms with van der Waals surface area (Å²) in [7, 11) is 0. The van der Waals surface area contributed by atoms with Crippen LogP contribution in [0.3, 0.4) is 0 Å². The Bertz CT molecular complexity index is 1040. The van der Waals surface area contributed by atoms with Gasteiger partial charge in [0, 0.05) is 24.7 Å². The minimum absolute atomic E-state index is 0.0131. The number of piperidine rings is 1. The number of hydrogen-bond acceptors (Lipinski definition) is 5. The van der Waals surface area contributed by atoms with Gasteiger partial charge in [-0.3, -0.25) is 4.79 Å². The molecule has 1 aliphatic heterocycles. The first-order valence-electron chi connectivity index (χ1n) is 9.60. The zero-order valence-electron chi connectivity index (χ0n) is 16.0. The van der Waals surface area contributed by atoms with E-state index in [2.05, 4.69) is 20.8 Å². The number of amides is 3. The van der Waals surface area contributed by atoms with Gasteiger partial charge in [-0.25, -0.2) is 9.18 Å². The molecule has 0 spiro atoms. The number of halogens is 1. The van der Waals surface area contributed by atoms with E-state index in [1.54, 1.807) is 29.2 Å². The van der Waals surface area contributed by atoms with Crippen molar-refractivity contribution < 1.29 is 14.0 Å². The highest BCUT2D eigenvalue weighted by molar-refractivity contribution is 7.13. The van der Waals surface area contributed by atoms with Crippen molar-refractivity contribution in [3.63, 3.8) is 0 Å². The van der Waals surface area contributed by atoms with Crippen molar-refractivity contribution in [1.82, 2.24) is 15.1 Å². The maximum absolute atomic E-state index is 13.8. The molecule has 3 amide bonds. The number of benzene rings is 2. The molecule has 0 aliphatic carbocycles. The summed E-state index contributed by atoms with van der Waals surface area (Å²) in [5.41, 5.74) is 0.841. The van der Waals surface area contributed by atoms with Crippen LogP contribution in [0.2, 0.25) is 0 Å². The average molecular weight is 425 g/mol. The molecule has 7 nitrogen and oxygen atoms in total. The molecule has 2 N–H and O–H groups in total. The number of hydrogen-bond donors (Lipinski definition) is 2. The predicted octanol–water partition coefficient (Wildman–Crippen LogP) is 4.34. The molecular formula is C21H20FN5O2S. The fourth-order valence-electron chi connectivity index (χ4n) is 3.32. The largest absolute Gasteiger partial charge is 0.324 e. The summed E-state index contributed by atoms with van der Waals surface area (Å²) in [6.07, 6.45) is 1.64. The molecule has 30 heavy (non-hydrogen) atoms. The second kappa shape index (κ2) is 9.00. The molecule has 1 aliphatic rings. The Morgan fingerprint density at radius 3 is 2.60 bits per heavy atom. The number of aromatic nitrogens is 2. The maximum Gasteiger partial charge on any atom is 0.321 e. The van der Waals surface area contributed by atoms with Crippen LogP contribution in [-0.2, 0) is 0 Å². The maximum atomic E-state index is 13.8. The molecule has 9 heteroatoms. The first kappa shape index (κ1) is 20.0. The van der Waals surface area contributed by atoms with Gasteiger partial charge in [-0.15, -0.1) is 10.2 Å². The molecule has 1 fully saturated rings. The summed E-state index contributed by atoms with van der Waals surface area (Å²) in [6, 6.07) is 14.9. The summed E-state index contributed by atoms with van der Waals surface area (Å²) in [4.78, 5) is 26.6. The Morgan fingerprint density at radius 1 is 1.03 bits per heavy atom. The Hall–Kier alpha value is -3.33. The normalized spacial score (nSPS) is 16.2. The van der Waals surface area contributed by atoms with Crippen LogP contribution in [0, 0.1) is 5.82 Å². The van der Waals surface area contributed by atoms with Gasteiger partial charge in [0.15, 0.2) is 0 Å². The zero-order valence-corrected chi connectivity index (χ0v) is 16.9. The quantitative estimate of drug-likeness (QED) is 0.651. The number of nitrogens with zero attached hydrogens (tertiary/aromatic N) is 3. The fourth-order valence-corrected chi connectivity index (χ4v) is 4.18. The molecule has 0 radical (unpaired) electrons. The van der Waals surface area contributed by atoms with Crippen molar-refractivity contribution in [2.24, 2.45) is 0 Å². The zero-order chi connectivity index (χ0) is 20.9. The molecule has 4 rings (SSSR count). The number of carbonyl (C=O) groups is 2. The number of anilines is 2. The van der Waals surface area contributed by atoms with Crippen LogP contribution in [0.4, 0.5) is 20.6 Å². The predicted molar refractivity (Wildman–Crippen MR) is 113 cm³/mol. The van der Waals surface area contributed by atoms with E-state index in [1.165, 1.54) is 23.5 Å². The van der Waals surface area contributed by atoms with Gasteiger partial charge in [-0.05, 0) is 37.1 Å². The molecule has 1 aromatic heterocycles. The van der Waals surface area contributed by atoms with Crippen molar-refractivity contribution in [1.29, 1.82) is 0 Å². The highest BCUT2D eigenvalue weighted by atomic mass is 32.1. The van der Waals surface area contributed by atoms with Crippen molar-refractivity contribution in [2.75, 3.05) is 23.7 Å². The molecule has 154 valence electrons. The number of carbonyl (C=O) groups excluding carboxylic acids is 2. The molecular weight excluding hydrogens is 405 g/mol. The lowest BCUT2D eigenvalue weighted by Crippen LogP contribution is -2.41. The molecule has 2 aromatic carbocycles. The summed E-state index contributed by atoms with van der Waals surface area (Å²) >= 11 is 1.23. The molecule has 1 atom stereocenters. The minimum atomic E-state index is -0.474. The van der Waals surface area contributed by atoms with Crippen LogP contribution in [0.5, 0.6) is 0 Å². The fraction of sp³-hybridized carbons (Fsp3) is 0.238. The highest BCUT2D eigenvalue weighted by Crippen LogP contribution is 2.30. The van der Waals surface area contributed by atoms with Crippen LogP contribution in [0.1, 0.15) is 33.6 Å². The highest BCUT2D eigenvalue weighted by Gasteiger charge is 2.28. The summed E-state index contributed by atoms with van der Waals surface area (Å²) in [6.45, 7) is 1.02. The lowest BCUT2D eigenvalue weighted by Gasteiger charge is -2.31. The van der Waals surface area contributed by atoms with Crippen LogP contribution < -0.4 is 10.6 Å². The van der Waals surface area contributed by atoms with Gasteiger partial charge in [0.25, 0.3) is 5.91 Å². The van der Waals surface area contributed by atoms with Crippen LogP contribution in [0.25, 0.3) is 0 Å². The summed E-state index contributed by atoms with van der Waals surface area (Å²) in [5.74, 6) is -0.798. The first-order chi connectivity index (χ1) is 14.6. The topological polar surface area (TPSA) is 87.2 Å². The third kappa shape index (κ3) is 4.62. The Labute approximate surface area is 176 Å². The number of rotatable bonds is 4. The van der Waals surface area contributed by atoms with Gasteiger partial charge >= 0.3 is 6.03 Å².